The Morgan fingerprint density at radius 2 is 1.88 bits per heavy atom. The predicted molar refractivity (Wildman–Crippen MR) is 152 cm³/mol. The summed E-state index contributed by atoms with van der Waals surface area (Å²) in [5, 5.41) is 45.7. The van der Waals surface area contributed by atoms with Gasteiger partial charge >= 0.3 is 0 Å². The first kappa shape index (κ1) is 29.6. The monoisotopic (exact) mass is 587 g/mol. The largest absolute Gasteiger partial charge is 0.508 e. The third kappa shape index (κ3) is 4.38. The van der Waals surface area contributed by atoms with Crippen molar-refractivity contribution >= 4 is 34.8 Å². The van der Waals surface area contributed by atoms with Crippen LogP contribution in [-0.4, -0.2) is 86.5 Å². The predicted octanol–water partition coefficient (Wildman–Crippen LogP) is 2.80. The lowest BCUT2D eigenvalue weighted by atomic mass is 9.57. The van der Waals surface area contributed by atoms with Crippen LogP contribution in [0.25, 0.3) is 5.76 Å². The molecule has 4 aliphatic rings. The van der Waals surface area contributed by atoms with E-state index in [4.69, 9.17) is 17.3 Å². The maximum atomic E-state index is 14.0. The highest BCUT2D eigenvalue weighted by Crippen LogP contribution is 2.54. The number of ketones is 2. The fourth-order valence-corrected chi connectivity index (χ4v) is 7.88. The lowest BCUT2D eigenvalue weighted by Gasteiger charge is -2.50. The standard InChI is InChI=1S/C30H38ClN3O7/c1-29(2,3)12-34-8-6-7-17(34)14-11-18(35)20-15(22(14)31)9-13-10-16-23(33(4)5)25(37)21(28(32)40)27(39)30(16,41)26(38)19(13)24(20)36/h11,13,16-17,23,35-36,39,41H,6-10,12H2,1-5H3,(H2,32,40)/t13-,16-,17?,23-,30-/m0/s1. The van der Waals surface area contributed by atoms with Crippen LogP contribution in [0.2, 0.25) is 5.02 Å². The van der Waals surface area contributed by atoms with E-state index in [1.807, 2.05) is 0 Å². The number of fused-ring (bicyclic) bond motifs is 3. The Balaban J connectivity index is 1.65. The van der Waals surface area contributed by atoms with Crippen molar-refractivity contribution in [3.8, 4) is 5.75 Å². The Morgan fingerprint density at radius 3 is 2.46 bits per heavy atom. The molecule has 10 nitrogen and oxygen atoms in total. The number of Topliss-reactive ketones (excluding diaryl/α,β-unsaturated/α-hetero) is 2. The van der Waals surface area contributed by atoms with Crippen LogP contribution in [0.15, 0.2) is 23.0 Å². The van der Waals surface area contributed by atoms with Crippen LogP contribution in [0.3, 0.4) is 0 Å². The van der Waals surface area contributed by atoms with Crippen molar-refractivity contribution in [2.45, 2.75) is 64.1 Å². The molecule has 0 aromatic heterocycles. The van der Waals surface area contributed by atoms with Gasteiger partial charge in [-0.1, -0.05) is 32.4 Å². The number of likely N-dealkylation sites (N-methyl/N-ethyl adjacent to an activating group) is 1. The fourth-order valence-electron chi connectivity index (χ4n) is 7.53. The van der Waals surface area contributed by atoms with Gasteiger partial charge in [0.1, 0.15) is 22.8 Å². The summed E-state index contributed by atoms with van der Waals surface area (Å²) < 4.78 is 0. The first-order chi connectivity index (χ1) is 19.0. The number of primary amides is 1. The molecule has 2 fully saturated rings. The van der Waals surface area contributed by atoms with Gasteiger partial charge in [-0.25, -0.2) is 0 Å². The van der Waals surface area contributed by atoms with E-state index >= 15 is 0 Å². The molecule has 41 heavy (non-hydrogen) atoms. The summed E-state index contributed by atoms with van der Waals surface area (Å²) in [6.07, 6.45) is 2.03. The second-order valence-corrected chi connectivity index (χ2v) is 13.7. The van der Waals surface area contributed by atoms with Gasteiger partial charge in [0.15, 0.2) is 11.4 Å². The summed E-state index contributed by atoms with van der Waals surface area (Å²) in [5.41, 5.74) is 3.00. The van der Waals surface area contributed by atoms with Gasteiger partial charge in [0.25, 0.3) is 5.91 Å². The van der Waals surface area contributed by atoms with Crippen molar-refractivity contribution in [3.05, 3.63) is 44.7 Å². The van der Waals surface area contributed by atoms with E-state index in [1.54, 1.807) is 20.2 Å². The van der Waals surface area contributed by atoms with Gasteiger partial charge in [0, 0.05) is 29.1 Å². The smallest absolute Gasteiger partial charge is 0.255 e. The van der Waals surface area contributed by atoms with Gasteiger partial charge in [0.2, 0.25) is 5.78 Å². The van der Waals surface area contributed by atoms with Gasteiger partial charge in [-0.3, -0.25) is 24.2 Å². The quantitative estimate of drug-likeness (QED) is 0.333. The van der Waals surface area contributed by atoms with Crippen LogP contribution in [0.4, 0.5) is 0 Å². The third-order valence-corrected chi connectivity index (χ3v) is 9.53. The van der Waals surface area contributed by atoms with Crippen LogP contribution >= 0.6 is 11.6 Å². The van der Waals surface area contributed by atoms with Crippen molar-refractivity contribution in [1.82, 2.24) is 9.80 Å². The van der Waals surface area contributed by atoms with Gasteiger partial charge in [-0.05, 0) is 74.8 Å². The number of aromatic hydroxyl groups is 1. The maximum Gasteiger partial charge on any atom is 0.255 e. The summed E-state index contributed by atoms with van der Waals surface area (Å²) in [5.74, 6) is -6.77. The summed E-state index contributed by atoms with van der Waals surface area (Å²) in [6, 6.07) is 0.387. The zero-order valence-corrected chi connectivity index (χ0v) is 24.7. The van der Waals surface area contributed by atoms with E-state index in [0.29, 0.717) is 10.6 Å². The number of rotatable bonds is 4. The van der Waals surface area contributed by atoms with Crippen molar-refractivity contribution in [3.63, 3.8) is 0 Å². The molecule has 1 amide bonds. The van der Waals surface area contributed by atoms with E-state index in [-0.39, 0.29) is 41.2 Å². The second-order valence-electron chi connectivity index (χ2n) is 13.3. The average molecular weight is 588 g/mol. The fraction of sp³-hybridized carbons (Fsp3) is 0.567. The highest BCUT2D eigenvalue weighted by Gasteiger charge is 2.64. The van der Waals surface area contributed by atoms with Crippen molar-refractivity contribution in [1.29, 1.82) is 0 Å². The second kappa shape index (κ2) is 9.83. The normalized spacial score (nSPS) is 30.5. The molecule has 3 aliphatic carbocycles. The number of hydrogen-bond donors (Lipinski definition) is 5. The first-order valence-electron chi connectivity index (χ1n) is 13.9. The third-order valence-electron chi connectivity index (χ3n) is 9.08. The zero-order valence-electron chi connectivity index (χ0n) is 24.0. The Kier molecular flexibility index (Phi) is 7.09. The number of amides is 1. The van der Waals surface area contributed by atoms with Crippen LogP contribution in [0.5, 0.6) is 5.75 Å². The Bertz CT molecular complexity index is 1430. The molecule has 6 N–H and O–H groups in total. The number of carbonyl (C=O) groups is 3. The number of halogens is 1. The topological polar surface area (TPSA) is 165 Å². The molecule has 5 rings (SSSR count). The molecule has 5 atom stereocenters. The molecule has 0 spiro atoms. The van der Waals surface area contributed by atoms with Crippen LogP contribution < -0.4 is 5.73 Å². The van der Waals surface area contributed by atoms with E-state index in [2.05, 4.69) is 25.7 Å². The van der Waals surface area contributed by atoms with Crippen LogP contribution in [-0.2, 0) is 20.8 Å². The van der Waals surface area contributed by atoms with Crippen molar-refractivity contribution < 1.29 is 34.8 Å². The van der Waals surface area contributed by atoms with E-state index in [1.165, 1.54) is 4.90 Å². The summed E-state index contributed by atoms with van der Waals surface area (Å²) in [7, 11) is 3.14. The molecule has 1 saturated heterocycles. The number of hydrogen-bond acceptors (Lipinski definition) is 9. The minimum Gasteiger partial charge on any atom is -0.508 e. The summed E-state index contributed by atoms with van der Waals surface area (Å²) >= 11 is 7.03. The molecule has 1 saturated carbocycles. The molecule has 1 aromatic carbocycles. The van der Waals surface area contributed by atoms with E-state index < -0.39 is 58.0 Å². The number of benzene rings is 1. The maximum absolute atomic E-state index is 14.0. The van der Waals surface area contributed by atoms with Crippen LogP contribution in [0.1, 0.15) is 62.8 Å². The van der Waals surface area contributed by atoms with Crippen molar-refractivity contribution in [2.75, 3.05) is 27.2 Å². The highest BCUT2D eigenvalue weighted by molar-refractivity contribution is 6.33. The van der Waals surface area contributed by atoms with Crippen molar-refractivity contribution in [2.24, 2.45) is 23.0 Å². The van der Waals surface area contributed by atoms with Gasteiger partial charge in [0.05, 0.1) is 11.6 Å². The van der Waals surface area contributed by atoms with E-state index in [9.17, 15) is 34.8 Å². The first-order valence-corrected chi connectivity index (χ1v) is 14.3. The molecule has 0 bridgehead atoms. The zero-order chi connectivity index (χ0) is 30.3. The molecule has 222 valence electrons. The number of carbonyl (C=O) groups excluding carboxylic acids is 3. The highest BCUT2D eigenvalue weighted by atomic mass is 35.5. The molecule has 1 aliphatic heterocycles. The van der Waals surface area contributed by atoms with Gasteiger partial charge in [-0.15, -0.1) is 0 Å². The van der Waals surface area contributed by atoms with Crippen LogP contribution in [0, 0.1) is 17.3 Å². The molecular formula is C30H38ClN3O7. The van der Waals surface area contributed by atoms with E-state index in [0.717, 1.165) is 31.5 Å². The number of phenolic OH excluding ortho intramolecular Hbond substituents is 1. The lowest BCUT2D eigenvalue weighted by molar-refractivity contribution is -0.153. The molecule has 11 heteroatoms. The number of phenols is 1. The SMILES string of the molecule is CN(C)[C@@H]1C(=O)C(C(N)=O)=C(O)[C@@]2(O)C(=O)C3=C(O)c4c(O)cc(C5CCCN5CC(C)(C)C)c(Cl)c4C[C@H]3C[C@@H]12. The molecule has 1 unspecified atom stereocenters. The molecular weight excluding hydrogens is 550 g/mol. The molecule has 1 aromatic rings. The molecule has 1 heterocycles. The van der Waals surface area contributed by atoms with Gasteiger partial charge < -0.3 is 26.2 Å². The number of aliphatic hydroxyl groups excluding tert-OH is 2. The Hall–Kier alpha value is -2.92. The Morgan fingerprint density at radius 1 is 1.22 bits per heavy atom. The average Bonchev–Trinajstić information content (AvgIpc) is 3.29. The summed E-state index contributed by atoms with van der Waals surface area (Å²) in [4.78, 5) is 43.2. The van der Waals surface area contributed by atoms with Gasteiger partial charge in [-0.2, -0.15) is 0 Å². The number of nitrogens with zero attached hydrogens (tertiary/aromatic N) is 2. The Labute approximate surface area is 244 Å². The minimum absolute atomic E-state index is 0.00964. The summed E-state index contributed by atoms with van der Waals surface area (Å²) in [6.45, 7) is 8.22. The number of likely N-dealkylation sites (tertiary alicyclic amines) is 1. The minimum atomic E-state index is -2.67. The lowest BCUT2D eigenvalue weighted by Crippen LogP contribution is -2.65. The number of nitrogens with two attached hydrogens (primary N) is 1. The molecule has 0 radical (unpaired) electrons. The number of aliphatic hydroxyl groups is 3.